The predicted molar refractivity (Wildman–Crippen MR) is 84.6 cm³/mol. The van der Waals surface area contributed by atoms with Crippen LogP contribution in [0.15, 0.2) is 82.5 Å². The second-order valence-electron chi connectivity index (χ2n) is 5.36. The summed E-state index contributed by atoms with van der Waals surface area (Å²) in [6, 6.07) is 15.8. The second kappa shape index (κ2) is 4.99. The van der Waals surface area contributed by atoms with Crippen LogP contribution in [0.4, 0.5) is 0 Å². The molecular formula is C18H12N4O2+2. The van der Waals surface area contributed by atoms with Crippen LogP contribution in [0.1, 0.15) is 0 Å². The molecular weight excluding hydrogens is 304 g/mol. The molecule has 0 amide bonds. The van der Waals surface area contributed by atoms with E-state index in [1.807, 2.05) is 51.6 Å². The minimum Gasteiger partial charge on any atom is -0.384 e. The standard InChI is InChI=1S/C18H12N4O2/c1-4-13(21-11-23-17-15(21)6-2-8-19-17)10-14(5-1)22-12-24-18-16(22)7-3-9-20-18/h1-12H/q+2. The van der Waals surface area contributed by atoms with Crippen molar-refractivity contribution < 1.29 is 18.0 Å². The van der Waals surface area contributed by atoms with E-state index in [1.165, 1.54) is 0 Å². The molecule has 1 aromatic carbocycles. The molecule has 114 valence electrons. The van der Waals surface area contributed by atoms with Crippen molar-refractivity contribution in [3.05, 3.63) is 73.7 Å². The molecule has 0 aliphatic heterocycles. The van der Waals surface area contributed by atoms with Gasteiger partial charge in [-0.2, -0.15) is 0 Å². The monoisotopic (exact) mass is 316 g/mol. The predicted octanol–water partition coefficient (Wildman–Crippen LogP) is 2.52. The molecule has 0 spiro atoms. The Morgan fingerprint density at radius 3 is 1.75 bits per heavy atom. The van der Waals surface area contributed by atoms with Crippen molar-refractivity contribution in [3.8, 4) is 11.4 Å². The van der Waals surface area contributed by atoms with Crippen molar-refractivity contribution in [1.29, 1.82) is 0 Å². The minimum absolute atomic E-state index is 0.605. The Bertz CT molecular complexity index is 1090. The van der Waals surface area contributed by atoms with Crippen molar-refractivity contribution in [3.63, 3.8) is 0 Å². The van der Waals surface area contributed by atoms with Gasteiger partial charge in [-0.05, 0) is 18.2 Å². The Morgan fingerprint density at radius 1 is 0.667 bits per heavy atom. The molecule has 0 aliphatic carbocycles. The first kappa shape index (κ1) is 13.0. The lowest BCUT2D eigenvalue weighted by Gasteiger charge is -1.94. The van der Waals surface area contributed by atoms with Gasteiger partial charge in [0.15, 0.2) is 0 Å². The van der Waals surface area contributed by atoms with Crippen molar-refractivity contribution in [2.45, 2.75) is 0 Å². The Balaban J connectivity index is 1.69. The summed E-state index contributed by atoms with van der Waals surface area (Å²) in [7, 11) is 0. The third-order valence-corrected chi connectivity index (χ3v) is 3.95. The third-order valence-electron chi connectivity index (χ3n) is 3.95. The van der Waals surface area contributed by atoms with Crippen LogP contribution in [0, 0.1) is 0 Å². The lowest BCUT2D eigenvalue weighted by Crippen LogP contribution is -2.32. The average molecular weight is 316 g/mol. The first-order chi connectivity index (χ1) is 11.9. The summed E-state index contributed by atoms with van der Waals surface area (Å²) in [5, 5.41) is 0. The Kier molecular flexibility index (Phi) is 2.69. The highest BCUT2D eigenvalue weighted by atomic mass is 16.3. The molecule has 4 heterocycles. The number of rotatable bonds is 2. The molecule has 0 radical (unpaired) electrons. The minimum atomic E-state index is 0.605. The Hall–Kier alpha value is -3.54. The third kappa shape index (κ3) is 1.90. The zero-order chi connectivity index (χ0) is 15.9. The van der Waals surface area contributed by atoms with Crippen molar-refractivity contribution in [2.75, 3.05) is 0 Å². The summed E-state index contributed by atoms with van der Waals surface area (Å²) in [5.41, 5.74) is 4.99. The highest BCUT2D eigenvalue weighted by Gasteiger charge is 2.21. The van der Waals surface area contributed by atoms with Crippen LogP contribution in [-0.4, -0.2) is 9.97 Å². The van der Waals surface area contributed by atoms with E-state index in [-0.39, 0.29) is 0 Å². The van der Waals surface area contributed by atoms with Crippen molar-refractivity contribution in [1.82, 2.24) is 9.97 Å². The topological polar surface area (TPSA) is 59.8 Å². The zero-order valence-corrected chi connectivity index (χ0v) is 12.5. The SMILES string of the molecule is c1cc(-[n+]2coc3ncccc32)cc(-[n+]2coc3ncccc32)c1. The molecule has 24 heavy (non-hydrogen) atoms. The fourth-order valence-electron chi connectivity index (χ4n) is 2.82. The smallest absolute Gasteiger partial charge is 0.342 e. The quantitative estimate of drug-likeness (QED) is 0.470. The molecule has 6 nitrogen and oxygen atoms in total. The van der Waals surface area contributed by atoms with Gasteiger partial charge in [0, 0.05) is 36.7 Å². The summed E-state index contributed by atoms with van der Waals surface area (Å²) in [6.45, 7) is 0. The molecule has 4 aromatic heterocycles. The summed E-state index contributed by atoms with van der Waals surface area (Å²) >= 11 is 0. The van der Waals surface area contributed by atoms with Gasteiger partial charge in [-0.3, -0.25) is 0 Å². The van der Waals surface area contributed by atoms with Gasteiger partial charge < -0.3 is 8.83 Å². The number of aromatic nitrogens is 4. The molecule has 6 heteroatoms. The molecule has 0 saturated carbocycles. The number of hydrogen-bond donors (Lipinski definition) is 0. The van der Waals surface area contributed by atoms with E-state index in [2.05, 4.69) is 16.0 Å². The van der Waals surface area contributed by atoms with E-state index in [1.54, 1.807) is 25.2 Å². The molecule has 0 fully saturated rings. The van der Waals surface area contributed by atoms with Gasteiger partial charge in [-0.15, -0.1) is 9.13 Å². The first-order valence-electron chi connectivity index (χ1n) is 7.49. The molecule has 0 saturated heterocycles. The van der Waals surface area contributed by atoms with Crippen LogP contribution >= 0.6 is 0 Å². The van der Waals surface area contributed by atoms with E-state index in [4.69, 9.17) is 8.83 Å². The van der Waals surface area contributed by atoms with Gasteiger partial charge in [-0.1, -0.05) is 0 Å². The van der Waals surface area contributed by atoms with Crippen LogP contribution < -0.4 is 9.13 Å². The summed E-state index contributed by atoms with van der Waals surface area (Å²) < 4.78 is 15.0. The summed E-state index contributed by atoms with van der Waals surface area (Å²) in [6.07, 6.45) is 6.76. The van der Waals surface area contributed by atoms with E-state index in [0.717, 1.165) is 22.4 Å². The zero-order valence-electron chi connectivity index (χ0n) is 12.5. The summed E-state index contributed by atoms with van der Waals surface area (Å²) in [5.74, 6) is 0. The fraction of sp³-hybridized carbons (Fsp3) is 0. The first-order valence-corrected chi connectivity index (χ1v) is 7.49. The number of hydrogen-bond acceptors (Lipinski definition) is 4. The maximum absolute atomic E-state index is 5.52. The molecule has 5 rings (SSSR count). The van der Waals surface area contributed by atoms with Gasteiger partial charge in [0.25, 0.3) is 22.5 Å². The van der Waals surface area contributed by atoms with Gasteiger partial charge in [0.05, 0.1) is 6.07 Å². The average Bonchev–Trinajstić information content (AvgIpc) is 3.26. The number of nitrogens with zero attached hydrogens (tertiary/aromatic N) is 4. The van der Waals surface area contributed by atoms with E-state index >= 15 is 0 Å². The van der Waals surface area contributed by atoms with Gasteiger partial charge in [-0.25, -0.2) is 9.97 Å². The number of benzene rings is 1. The van der Waals surface area contributed by atoms with Gasteiger partial charge in [0.1, 0.15) is 0 Å². The van der Waals surface area contributed by atoms with Crippen LogP contribution in [0.3, 0.4) is 0 Å². The van der Waals surface area contributed by atoms with Crippen LogP contribution in [0.25, 0.3) is 33.8 Å². The van der Waals surface area contributed by atoms with Gasteiger partial charge >= 0.3 is 12.8 Å². The number of fused-ring (bicyclic) bond motifs is 2. The Morgan fingerprint density at radius 2 is 1.21 bits per heavy atom. The normalized spacial score (nSPS) is 11.3. The van der Waals surface area contributed by atoms with E-state index in [9.17, 15) is 0 Å². The Labute approximate surface area is 136 Å². The van der Waals surface area contributed by atoms with Crippen molar-refractivity contribution >= 4 is 22.5 Å². The van der Waals surface area contributed by atoms with E-state index in [0.29, 0.717) is 11.4 Å². The second-order valence-corrected chi connectivity index (χ2v) is 5.36. The highest BCUT2D eigenvalue weighted by molar-refractivity contribution is 5.64. The van der Waals surface area contributed by atoms with Crippen molar-refractivity contribution in [2.24, 2.45) is 0 Å². The molecule has 0 bridgehead atoms. The number of oxazole rings is 2. The molecule has 0 atom stereocenters. The lowest BCUT2D eigenvalue weighted by molar-refractivity contribution is -0.581. The lowest BCUT2D eigenvalue weighted by atomic mass is 10.2. The fourth-order valence-corrected chi connectivity index (χ4v) is 2.82. The highest BCUT2D eigenvalue weighted by Crippen LogP contribution is 2.14. The molecule has 0 aliphatic rings. The molecule has 0 unspecified atom stereocenters. The maximum Gasteiger partial charge on any atom is 0.342 e. The van der Waals surface area contributed by atoms with Gasteiger partial charge in [0.2, 0.25) is 11.4 Å². The van der Waals surface area contributed by atoms with Crippen LogP contribution in [0.2, 0.25) is 0 Å². The largest absolute Gasteiger partial charge is 0.384 e. The maximum atomic E-state index is 5.52. The molecule has 5 aromatic rings. The molecule has 0 N–H and O–H groups in total. The summed E-state index contributed by atoms with van der Waals surface area (Å²) in [4.78, 5) is 8.45. The van der Waals surface area contributed by atoms with Crippen LogP contribution in [-0.2, 0) is 0 Å². The van der Waals surface area contributed by atoms with Crippen LogP contribution in [0.5, 0.6) is 0 Å². The van der Waals surface area contributed by atoms with E-state index < -0.39 is 0 Å². The number of pyridine rings is 2.